The average molecular weight is 296 g/mol. The van der Waals surface area contributed by atoms with Crippen molar-refractivity contribution < 1.29 is 9.72 Å². The molecule has 0 fully saturated rings. The van der Waals surface area contributed by atoms with Crippen LogP contribution in [-0.4, -0.2) is 26.0 Å². The maximum absolute atomic E-state index is 12.1. The smallest absolute Gasteiger partial charge is 0.288 e. The number of pyridine rings is 1. The predicted octanol–water partition coefficient (Wildman–Crippen LogP) is 1.86. The van der Waals surface area contributed by atoms with E-state index in [4.69, 9.17) is 11.6 Å². The van der Waals surface area contributed by atoms with Gasteiger partial charge in [-0.15, -0.1) is 0 Å². The molecule has 1 amide bonds. The lowest BCUT2D eigenvalue weighted by Crippen LogP contribution is -2.27. The van der Waals surface area contributed by atoms with Crippen LogP contribution >= 0.6 is 11.6 Å². The number of aromatic nitrogens is 3. The van der Waals surface area contributed by atoms with Crippen LogP contribution in [0.25, 0.3) is 0 Å². The van der Waals surface area contributed by atoms with Gasteiger partial charge < -0.3 is 5.32 Å². The first-order valence-electron chi connectivity index (χ1n) is 5.58. The van der Waals surface area contributed by atoms with Crippen molar-refractivity contribution >= 4 is 23.2 Å². The van der Waals surface area contributed by atoms with E-state index >= 15 is 0 Å². The summed E-state index contributed by atoms with van der Waals surface area (Å²) < 4.78 is 0. The molecule has 2 aromatic rings. The van der Waals surface area contributed by atoms with E-state index in [1.54, 1.807) is 19.3 Å². The summed E-state index contributed by atoms with van der Waals surface area (Å²) in [4.78, 5) is 25.7. The van der Waals surface area contributed by atoms with Gasteiger partial charge in [0, 0.05) is 17.8 Å². The average Bonchev–Trinajstić information content (AvgIpc) is 2.92. The fraction of sp³-hybridized carbons (Fsp3) is 0.182. The van der Waals surface area contributed by atoms with Crippen molar-refractivity contribution in [2.75, 3.05) is 0 Å². The lowest BCUT2D eigenvalue weighted by atomic mass is 10.1. The molecule has 0 bridgehead atoms. The van der Waals surface area contributed by atoms with Crippen molar-refractivity contribution in [2.24, 2.45) is 0 Å². The first kappa shape index (κ1) is 13.9. The molecule has 0 saturated heterocycles. The van der Waals surface area contributed by atoms with E-state index in [9.17, 15) is 14.9 Å². The maximum Gasteiger partial charge on any atom is 0.288 e. The van der Waals surface area contributed by atoms with Crippen molar-refractivity contribution in [1.29, 1.82) is 0 Å². The number of carbonyl (C=O) groups is 1. The molecule has 2 aromatic heterocycles. The lowest BCUT2D eigenvalue weighted by molar-refractivity contribution is -0.385. The molecule has 0 spiro atoms. The van der Waals surface area contributed by atoms with Crippen LogP contribution in [0.2, 0.25) is 5.15 Å². The summed E-state index contributed by atoms with van der Waals surface area (Å²) in [5.41, 5.74) is 0.430. The molecule has 1 atom stereocenters. The van der Waals surface area contributed by atoms with E-state index in [1.165, 1.54) is 0 Å². The minimum atomic E-state index is -0.639. The van der Waals surface area contributed by atoms with Crippen molar-refractivity contribution in [3.05, 3.63) is 51.1 Å². The van der Waals surface area contributed by atoms with E-state index in [2.05, 4.69) is 20.5 Å². The molecule has 20 heavy (non-hydrogen) atoms. The van der Waals surface area contributed by atoms with Gasteiger partial charge in [0.05, 0.1) is 22.7 Å². The maximum atomic E-state index is 12.1. The van der Waals surface area contributed by atoms with Crippen molar-refractivity contribution in [3.8, 4) is 0 Å². The molecule has 0 radical (unpaired) electrons. The van der Waals surface area contributed by atoms with Gasteiger partial charge in [0.15, 0.2) is 0 Å². The normalized spacial score (nSPS) is 11.9. The fourth-order valence-electron chi connectivity index (χ4n) is 1.55. The van der Waals surface area contributed by atoms with Crippen LogP contribution in [0.1, 0.15) is 28.9 Å². The number of hydrogen-bond donors (Lipinski definition) is 2. The summed E-state index contributed by atoms with van der Waals surface area (Å²) in [6.45, 7) is 1.75. The second-order valence-electron chi connectivity index (χ2n) is 4.02. The van der Waals surface area contributed by atoms with Crippen molar-refractivity contribution in [1.82, 2.24) is 20.5 Å². The zero-order valence-electron chi connectivity index (χ0n) is 10.3. The number of carbonyl (C=O) groups excluding carboxylic acids is 1. The molecule has 0 aliphatic heterocycles. The van der Waals surface area contributed by atoms with Crippen LogP contribution in [-0.2, 0) is 0 Å². The lowest BCUT2D eigenvalue weighted by Gasteiger charge is -2.12. The molecule has 1 unspecified atom stereocenters. The Morgan fingerprint density at radius 1 is 1.55 bits per heavy atom. The number of hydrogen-bond acceptors (Lipinski definition) is 5. The molecule has 0 saturated carbocycles. The van der Waals surface area contributed by atoms with Crippen LogP contribution in [0.15, 0.2) is 24.7 Å². The highest BCUT2D eigenvalue weighted by molar-refractivity contribution is 6.32. The van der Waals surface area contributed by atoms with Crippen LogP contribution in [0.3, 0.4) is 0 Å². The third kappa shape index (κ3) is 2.91. The largest absolute Gasteiger partial charge is 0.345 e. The SMILES string of the molecule is CC(NC(=O)c1cc([N+](=O)[O-])cnc1Cl)c1cn[nH]c1. The fourth-order valence-corrected chi connectivity index (χ4v) is 1.74. The summed E-state index contributed by atoms with van der Waals surface area (Å²) >= 11 is 5.79. The molecule has 2 N–H and O–H groups in total. The Morgan fingerprint density at radius 2 is 2.30 bits per heavy atom. The van der Waals surface area contributed by atoms with E-state index in [0.29, 0.717) is 0 Å². The van der Waals surface area contributed by atoms with Gasteiger partial charge in [-0.1, -0.05) is 11.6 Å². The molecular weight excluding hydrogens is 286 g/mol. The number of H-pyrrole nitrogens is 1. The number of aromatic amines is 1. The summed E-state index contributed by atoms with van der Waals surface area (Å²) in [6, 6.07) is 0.767. The Bertz CT molecular complexity index is 644. The van der Waals surface area contributed by atoms with Crippen LogP contribution in [0, 0.1) is 10.1 Å². The van der Waals surface area contributed by atoms with Gasteiger partial charge in [0.2, 0.25) is 0 Å². The van der Waals surface area contributed by atoms with Gasteiger partial charge in [-0.2, -0.15) is 5.10 Å². The summed E-state index contributed by atoms with van der Waals surface area (Å²) in [7, 11) is 0. The molecule has 2 rings (SSSR count). The second-order valence-corrected chi connectivity index (χ2v) is 4.37. The third-order valence-corrected chi connectivity index (χ3v) is 2.95. The zero-order chi connectivity index (χ0) is 14.7. The highest BCUT2D eigenvalue weighted by Gasteiger charge is 2.19. The monoisotopic (exact) mass is 295 g/mol. The zero-order valence-corrected chi connectivity index (χ0v) is 11.1. The Kier molecular flexibility index (Phi) is 3.94. The van der Waals surface area contributed by atoms with Gasteiger partial charge in [-0.05, 0) is 6.92 Å². The van der Waals surface area contributed by atoms with Crippen LogP contribution in [0.5, 0.6) is 0 Å². The molecule has 0 aliphatic rings. The van der Waals surface area contributed by atoms with Gasteiger partial charge in [0.25, 0.3) is 11.6 Å². The number of nitrogens with one attached hydrogen (secondary N) is 2. The van der Waals surface area contributed by atoms with Gasteiger partial charge >= 0.3 is 0 Å². The number of amides is 1. The van der Waals surface area contributed by atoms with E-state index < -0.39 is 10.8 Å². The van der Waals surface area contributed by atoms with E-state index in [1.807, 2.05) is 0 Å². The third-order valence-electron chi connectivity index (χ3n) is 2.65. The highest BCUT2D eigenvalue weighted by atomic mass is 35.5. The first-order valence-corrected chi connectivity index (χ1v) is 5.96. The standard InChI is InChI=1S/C11H10ClN5O3/c1-6(7-3-14-15-4-7)16-11(18)9-2-8(17(19)20)5-13-10(9)12/h2-6H,1H3,(H,14,15)(H,16,18). The highest BCUT2D eigenvalue weighted by Crippen LogP contribution is 2.20. The minimum absolute atomic E-state index is 0.0452. The van der Waals surface area contributed by atoms with Gasteiger partial charge in [-0.25, -0.2) is 4.98 Å². The summed E-state index contributed by atoms with van der Waals surface area (Å²) in [5.74, 6) is -0.542. The number of nitrogens with zero attached hydrogens (tertiary/aromatic N) is 3. The number of nitro groups is 1. The van der Waals surface area contributed by atoms with Crippen LogP contribution in [0.4, 0.5) is 5.69 Å². The molecule has 9 heteroatoms. The van der Waals surface area contributed by atoms with E-state index in [0.717, 1.165) is 17.8 Å². The Labute approximate surface area is 118 Å². The van der Waals surface area contributed by atoms with Crippen molar-refractivity contribution in [3.63, 3.8) is 0 Å². The first-order chi connectivity index (χ1) is 9.49. The minimum Gasteiger partial charge on any atom is -0.345 e. The molecule has 0 aliphatic carbocycles. The number of rotatable bonds is 4. The topological polar surface area (TPSA) is 114 Å². The Hall–Kier alpha value is -2.48. The predicted molar refractivity (Wildman–Crippen MR) is 70.4 cm³/mol. The summed E-state index contributed by atoms with van der Waals surface area (Å²) in [6.07, 6.45) is 4.20. The molecule has 8 nitrogen and oxygen atoms in total. The summed E-state index contributed by atoms with van der Waals surface area (Å²) in [5, 5.41) is 19.6. The Balaban J connectivity index is 2.20. The number of halogens is 1. The quantitative estimate of drug-likeness (QED) is 0.507. The second kappa shape index (κ2) is 5.66. The molecule has 104 valence electrons. The Morgan fingerprint density at radius 3 is 2.90 bits per heavy atom. The van der Waals surface area contributed by atoms with Crippen LogP contribution < -0.4 is 5.32 Å². The van der Waals surface area contributed by atoms with Gasteiger partial charge in [-0.3, -0.25) is 20.0 Å². The van der Waals surface area contributed by atoms with Crippen molar-refractivity contribution in [2.45, 2.75) is 13.0 Å². The molecular formula is C11H10ClN5O3. The van der Waals surface area contributed by atoms with Gasteiger partial charge in [0.1, 0.15) is 11.3 Å². The van der Waals surface area contributed by atoms with E-state index in [-0.39, 0.29) is 22.4 Å². The molecule has 2 heterocycles. The molecule has 0 aromatic carbocycles.